The number of carbonyl (C=O) groups excluding carboxylic acids is 1. The number of hydrogen-bond acceptors (Lipinski definition) is 7. The first-order valence-electron chi connectivity index (χ1n) is 15.9. The fraction of sp³-hybridized carbons (Fsp3) is 0.472. The number of morpholine rings is 1. The van der Waals surface area contributed by atoms with Crippen molar-refractivity contribution in [1.82, 2.24) is 9.97 Å². The van der Waals surface area contributed by atoms with E-state index < -0.39 is 0 Å². The minimum atomic E-state index is -0.0632. The van der Waals surface area contributed by atoms with Crippen LogP contribution in [0.1, 0.15) is 68.4 Å². The highest BCUT2D eigenvalue weighted by Gasteiger charge is 2.39. The van der Waals surface area contributed by atoms with Gasteiger partial charge in [-0.25, -0.2) is 4.98 Å². The van der Waals surface area contributed by atoms with Crippen LogP contribution in [-0.2, 0) is 11.2 Å². The van der Waals surface area contributed by atoms with Gasteiger partial charge in [-0.3, -0.25) is 4.79 Å². The fourth-order valence-corrected chi connectivity index (χ4v) is 6.07. The molecule has 1 aromatic heterocycles. The predicted molar refractivity (Wildman–Crippen MR) is 171 cm³/mol. The Kier molecular flexibility index (Phi) is 8.95. The van der Waals surface area contributed by atoms with E-state index in [0.29, 0.717) is 37.2 Å². The summed E-state index contributed by atoms with van der Waals surface area (Å²) in [7, 11) is 0. The summed E-state index contributed by atoms with van der Waals surface area (Å²) in [5.41, 5.74) is 4.68. The number of carbonyl (C=O) groups is 1. The Balaban J connectivity index is 1.16. The molecule has 7 nitrogen and oxygen atoms in total. The van der Waals surface area contributed by atoms with Crippen LogP contribution < -0.4 is 15.0 Å². The first-order valence-corrected chi connectivity index (χ1v) is 15.9. The number of ketones is 1. The van der Waals surface area contributed by atoms with E-state index in [1.807, 2.05) is 12.1 Å². The van der Waals surface area contributed by atoms with Gasteiger partial charge in [0, 0.05) is 36.7 Å². The van der Waals surface area contributed by atoms with Crippen molar-refractivity contribution in [2.75, 3.05) is 36.5 Å². The van der Waals surface area contributed by atoms with Crippen LogP contribution in [0.3, 0.4) is 0 Å². The first-order chi connectivity index (χ1) is 21.0. The second-order valence-electron chi connectivity index (χ2n) is 12.4. The number of unbranched alkanes of at least 4 members (excludes halogenated alkanes) is 3. The maximum atomic E-state index is 13.4. The van der Waals surface area contributed by atoms with Gasteiger partial charge < -0.3 is 19.7 Å². The molecule has 1 saturated heterocycles. The van der Waals surface area contributed by atoms with E-state index in [1.54, 1.807) is 0 Å². The van der Waals surface area contributed by atoms with Crippen LogP contribution >= 0.6 is 0 Å². The van der Waals surface area contributed by atoms with Crippen LogP contribution in [0.15, 0.2) is 48.5 Å². The van der Waals surface area contributed by atoms with Crippen LogP contribution in [-0.4, -0.2) is 48.2 Å². The SMILES string of the molecule is C#CCCCCCOc1ccc(-c2ccc(Nc3nc(N4CCOC(C5CC5)C4)nc4c3CC(C(C)C)C4=O)cc2)cc1. The Morgan fingerprint density at radius 1 is 1.05 bits per heavy atom. The molecular weight excluding hydrogens is 536 g/mol. The number of fused-ring (bicyclic) bond motifs is 1. The fourth-order valence-electron chi connectivity index (χ4n) is 6.07. The molecule has 2 aromatic carbocycles. The van der Waals surface area contributed by atoms with Crippen molar-refractivity contribution in [2.45, 2.75) is 64.9 Å². The van der Waals surface area contributed by atoms with Crippen molar-refractivity contribution in [2.24, 2.45) is 17.8 Å². The van der Waals surface area contributed by atoms with Crippen molar-refractivity contribution in [3.8, 4) is 29.2 Å². The predicted octanol–water partition coefficient (Wildman–Crippen LogP) is 7.09. The van der Waals surface area contributed by atoms with Gasteiger partial charge in [0.25, 0.3) is 0 Å². The summed E-state index contributed by atoms with van der Waals surface area (Å²) in [4.78, 5) is 25.5. The van der Waals surface area contributed by atoms with Crippen LogP contribution in [0.4, 0.5) is 17.5 Å². The molecule has 0 spiro atoms. The summed E-state index contributed by atoms with van der Waals surface area (Å²) in [5.74, 6) is 5.88. The monoisotopic (exact) mass is 578 g/mol. The highest BCUT2D eigenvalue weighted by molar-refractivity contribution is 6.02. The lowest BCUT2D eigenvalue weighted by Crippen LogP contribution is -2.44. The van der Waals surface area contributed by atoms with Gasteiger partial charge in [-0.15, -0.1) is 12.3 Å². The van der Waals surface area contributed by atoms with Crippen LogP contribution in [0.25, 0.3) is 11.1 Å². The minimum Gasteiger partial charge on any atom is -0.494 e. The highest BCUT2D eigenvalue weighted by Crippen LogP contribution is 2.39. The van der Waals surface area contributed by atoms with Crippen LogP contribution in [0, 0.1) is 30.1 Å². The second kappa shape index (κ2) is 13.2. The Labute approximate surface area is 255 Å². The van der Waals surface area contributed by atoms with E-state index in [0.717, 1.165) is 72.7 Å². The number of aromatic nitrogens is 2. The second-order valence-corrected chi connectivity index (χ2v) is 12.4. The number of nitrogens with zero attached hydrogens (tertiary/aromatic N) is 3. The third-order valence-corrected chi connectivity index (χ3v) is 8.89. The van der Waals surface area contributed by atoms with E-state index in [9.17, 15) is 4.79 Å². The molecule has 6 rings (SSSR count). The molecule has 0 radical (unpaired) electrons. The first kappa shape index (κ1) is 29.2. The lowest BCUT2D eigenvalue weighted by Gasteiger charge is -2.33. The summed E-state index contributed by atoms with van der Waals surface area (Å²) >= 11 is 0. The normalized spacial score (nSPS) is 19.8. The third-order valence-electron chi connectivity index (χ3n) is 8.89. The van der Waals surface area contributed by atoms with Gasteiger partial charge in [0.1, 0.15) is 17.3 Å². The zero-order valence-corrected chi connectivity index (χ0v) is 25.4. The van der Waals surface area contributed by atoms with E-state index in [4.69, 9.17) is 25.9 Å². The number of ether oxygens (including phenoxy) is 2. The van der Waals surface area contributed by atoms with Gasteiger partial charge >= 0.3 is 0 Å². The van der Waals surface area contributed by atoms with Gasteiger partial charge in [-0.1, -0.05) is 38.1 Å². The largest absolute Gasteiger partial charge is 0.494 e. The number of hydrogen-bond donors (Lipinski definition) is 1. The molecule has 3 aliphatic rings. The lowest BCUT2D eigenvalue weighted by molar-refractivity contribution is 0.0258. The van der Waals surface area contributed by atoms with Gasteiger partial charge in [0.2, 0.25) is 5.95 Å². The standard InChI is InChI=1S/C36H42N4O3/c1-4-5-6-7-8-20-42-29-17-13-26(14-18-29)25-11-15-28(16-12-25)37-35-31-22-30(24(2)3)34(41)33(31)38-36(39-35)40-19-21-43-32(23-40)27-9-10-27/h1,11-18,24,27,30,32H,5-10,19-23H2,2-3H3,(H,37,38,39). The number of benzene rings is 2. The molecule has 2 unspecified atom stereocenters. The number of terminal acetylenes is 1. The summed E-state index contributed by atoms with van der Waals surface area (Å²) in [6.07, 6.45) is 12.6. The number of anilines is 3. The van der Waals surface area contributed by atoms with Gasteiger partial charge in [-0.2, -0.15) is 4.98 Å². The lowest BCUT2D eigenvalue weighted by atomic mass is 9.92. The van der Waals surface area contributed by atoms with Gasteiger partial charge in [0.05, 0.1) is 19.3 Å². The quantitative estimate of drug-likeness (QED) is 0.182. The zero-order valence-electron chi connectivity index (χ0n) is 25.4. The van der Waals surface area contributed by atoms with E-state index in [2.05, 4.69) is 66.4 Å². The van der Waals surface area contributed by atoms with E-state index in [1.165, 1.54) is 12.8 Å². The number of Topliss-reactive ketones (excluding diaryl/α,β-unsaturated/α-hetero) is 1. The third kappa shape index (κ3) is 6.86. The molecule has 0 bridgehead atoms. The molecular formula is C36H42N4O3. The average Bonchev–Trinajstić information content (AvgIpc) is 3.83. The van der Waals surface area contributed by atoms with E-state index >= 15 is 0 Å². The average molecular weight is 579 g/mol. The molecule has 43 heavy (non-hydrogen) atoms. The minimum absolute atomic E-state index is 0.0632. The molecule has 224 valence electrons. The van der Waals surface area contributed by atoms with Crippen molar-refractivity contribution < 1.29 is 14.3 Å². The topological polar surface area (TPSA) is 76.6 Å². The number of rotatable bonds is 12. The van der Waals surface area contributed by atoms with Crippen molar-refractivity contribution in [3.63, 3.8) is 0 Å². The summed E-state index contributed by atoms with van der Waals surface area (Å²) in [6, 6.07) is 16.6. The molecule has 2 atom stereocenters. The smallest absolute Gasteiger partial charge is 0.228 e. The summed E-state index contributed by atoms with van der Waals surface area (Å²) in [5, 5.41) is 3.55. The molecule has 2 aliphatic carbocycles. The molecule has 1 aliphatic heterocycles. The summed E-state index contributed by atoms with van der Waals surface area (Å²) < 4.78 is 11.9. The van der Waals surface area contributed by atoms with Crippen molar-refractivity contribution in [3.05, 3.63) is 59.8 Å². The Morgan fingerprint density at radius 2 is 1.79 bits per heavy atom. The maximum absolute atomic E-state index is 13.4. The Morgan fingerprint density at radius 3 is 2.49 bits per heavy atom. The molecule has 1 N–H and O–H groups in total. The molecule has 2 heterocycles. The Bertz CT molecular complexity index is 1460. The van der Waals surface area contributed by atoms with Crippen LogP contribution in [0.5, 0.6) is 5.75 Å². The summed E-state index contributed by atoms with van der Waals surface area (Å²) in [6.45, 7) is 7.09. The zero-order chi connectivity index (χ0) is 29.8. The molecule has 2 fully saturated rings. The highest BCUT2D eigenvalue weighted by atomic mass is 16.5. The van der Waals surface area contributed by atoms with Crippen molar-refractivity contribution in [1.29, 1.82) is 0 Å². The Hall–Kier alpha value is -3.89. The van der Waals surface area contributed by atoms with Gasteiger partial charge in [0.15, 0.2) is 5.78 Å². The molecule has 0 amide bonds. The maximum Gasteiger partial charge on any atom is 0.228 e. The molecule has 7 heteroatoms. The number of nitrogens with one attached hydrogen (secondary N) is 1. The van der Waals surface area contributed by atoms with Gasteiger partial charge in [-0.05, 0) is 85.8 Å². The molecule has 3 aromatic rings. The van der Waals surface area contributed by atoms with E-state index in [-0.39, 0.29) is 23.7 Å². The van der Waals surface area contributed by atoms with Crippen LogP contribution in [0.2, 0.25) is 0 Å². The van der Waals surface area contributed by atoms with Crippen molar-refractivity contribution >= 4 is 23.2 Å². The molecule has 1 saturated carbocycles.